The van der Waals surface area contributed by atoms with E-state index in [2.05, 4.69) is 13.8 Å². The summed E-state index contributed by atoms with van der Waals surface area (Å²) in [6.45, 7) is 5.85. The van der Waals surface area contributed by atoms with Gasteiger partial charge in [-0.05, 0) is 19.8 Å². The molecule has 0 N–H and O–H groups in total. The highest BCUT2D eigenvalue weighted by Gasteiger charge is 2.21. The van der Waals surface area contributed by atoms with E-state index in [-0.39, 0.29) is 17.5 Å². The summed E-state index contributed by atoms with van der Waals surface area (Å²) in [4.78, 5) is 23.4. The molecule has 17 heavy (non-hydrogen) atoms. The third-order valence-corrected chi connectivity index (χ3v) is 3.25. The van der Waals surface area contributed by atoms with Gasteiger partial charge in [-0.15, -0.1) is 0 Å². The Hall–Kier alpha value is -0.660. The molecule has 0 bridgehead atoms. The van der Waals surface area contributed by atoms with E-state index in [1.807, 2.05) is 0 Å². The molecule has 0 spiro atoms. The maximum absolute atomic E-state index is 11.9. The van der Waals surface area contributed by atoms with E-state index in [0.29, 0.717) is 6.42 Å². The molecule has 0 aromatic heterocycles. The Morgan fingerprint density at radius 3 is 2.00 bits per heavy atom. The minimum atomic E-state index is -0.316. The van der Waals surface area contributed by atoms with E-state index < -0.39 is 0 Å². The molecular formula is C15H28O2. The van der Waals surface area contributed by atoms with Gasteiger partial charge in [0.05, 0.1) is 5.92 Å². The molecule has 2 heteroatoms. The second kappa shape index (κ2) is 10.5. The standard InChI is InChI=1S/C15H28O2/c1-4-6-8-10-11-14(13(3)16)15(17)12-9-7-5-2/h14H,4-12H2,1-3H3. The molecule has 0 aliphatic carbocycles. The van der Waals surface area contributed by atoms with Gasteiger partial charge in [0.2, 0.25) is 0 Å². The summed E-state index contributed by atoms with van der Waals surface area (Å²) in [6, 6.07) is 0. The van der Waals surface area contributed by atoms with Crippen LogP contribution in [0.4, 0.5) is 0 Å². The van der Waals surface area contributed by atoms with Crippen molar-refractivity contribution in [1.82, 2.24) is 0 Å². The predicted octanol–water partition coefficient (Wildman–Crippen LogP) is 4.31. The van der Waals surface area contributed by atoms with Gasteiger partial charge in [0.1, 0.15) is 11.6 Å². The molecular weight excluding hydrogens is 212 g/mol. The third-order valence-electron chi connectivity index (χ3n) is 3.25. The molecule has 1 unspecified atom stereocenters. The van der Waals surface area contributed by atoms with Crippen LogP contribution >= 0.6 is 0 Å². The summed E-state index contributed by atoms with van der Waals surface area (Å²) in [5, 5.41) is 0. The molecule has 0 rings (SSSR count). The molecule has 0 amide bonds. The maximum atomic E-state index is 11.9. The van der Waals surface area contributed by atoms with Gasteiger partial charge in [-0.25, -0.2) is 0 Å². The molecule has 0 aromatic rings. The summed E-state index contributed by atoms with van der Waals surface area (Å²) in [5.74, 6) is -0.0887. The van der Waals surface area contributed by atoms with Crippen molar-refractivity contribution in [1.29, 1.82) is 0 Å². The number of ketones is 2. The van der Waals surface area contributed by atoms with Gasteiger partial charge in [0.25, 0.3) is 0 Å². The number of unbranched alkanes of at least 4 members (excludes halogenated alkanes) is 5. The second-order valence-electron chi connectivity index (χ2n) is 4.94. The summed E-state index contributed by atoms with van der Waals surface area (Å²) in [7, 11) is 0. The zero-order valence-electron chi connectivity index (χ0n) is 11.8. The Bertz CT molecular complexity index is 221. The third kappa shape index (κ3) is 8.12. The first kappa shape index (κ1) is 16.3. The normalized spacial score (nSPS) is 12.4. The van der Waals surface area contributed by atoms with Crippen LogP contribution in [0.15, 0.2) is 0 Å². The fourth-order valence-electron chi connectivity index (χ4n) is 2.09. The summed E-state index contributed by atoms with van der Waals surface area (Å²) in [5.41, 5.74) is 0. The van der Waals surface area contributed by atoms with Gasteiger partial charge in [-0.2, -0.15) is 0 Å². The first-order valence-corrected chi connectivity index (χ1v) is 7.16. The first-order chi connectivity index (χ1) is 8.13. The summed E-state index contributed by atoms with van der Waals surface area (Å²) < 4.78 is 0. The van der Waals surface area contributed by atoms with Gasteiger partial charge < -0.3 is 0 Å². The molecule has 100 valence electrons. The van der Waals surface area contributed by atoms with Gasteiger partial charge in [0, 0.05) is 6.42 Å². The lowest BCUT2D eigenvalue weighted by Crippen LogP contribution is -2.21. The van der Waals surface area contributed by atoms with Crippen LogP contribution in [-0.4, -0.2) is 11.6 Å². The van der Waals surface area contributed by atoms with Crippen LogP contribution in [-0.2, 0) is 9.59 Å². The van der Waals surface area contributed by atoms with Crippen molar-refractivity contribution in [3.05, 3.63) is 0 Å². The van der Waals surface area contributed by atoms with Crippen molar-refractivity contribution in [3.8, 4) is 0 Å². The van der Waals surface area contributed by atoms with Crippen LogP contribution in [0.25, 0.3) is 0 Å². The Morgan fingerprint density at radius 1 is 0.882 bits per heavy atom. The fraction of sp³-hybridized carbons (Fsp3) is 0.867. The average molecular weight is 240 g/mol. The van der Waals surface area contributed by atoms with E-state index in [1.165, 1.54) is 12.8 Å². The smallest absolute Gasteiger partial charge is 0.143 e. The molecule has 0 saturated carbocycles. The van der Waals surface area contributed by atoms with Crippen molar-refractivity contribution < 1.29 is 9.59 Å². The average Bonchev–Trinajstić information content (AvgIpc) is 2.28. The highest BCUT2D eigenvalue weighted by atomic mass is 16.1. The summed E-state index contributed by atoms with van der Waals surface area (Å²) in [6.07, 6.45) is 9.05. The Labute approximate surface area is 106 Å². The minimum Gasteiger partial charge on any atom is -0.299 e. The van der Waals surface area contributed by atoms with Gasteiger partial charge >= 0.3 is 0 Å². The number of hydrogen-bond acceptors (Lipinski definition) is 2. The number of hydrogen-bond donors (Lipinski definition) is 0. The molecule has 2 nitrogen and oxygen atoms in total. The topological polar surface area (TPSA) is 34.1 Å². The Kier molecular flexibility index (Phi) is 10.1. The van der Waals surface area contributed by atoms with Crippen LogP contribution in [0.3, 0.4) is 0 Å². The molecule has 1 atom stereocenters. The molecule has 0 fully saturated rings. The van der Waals surface area contributed by atoms with Crippen molar-refractivity contribution in [2.45, 2.75) is 78.6 Å². The highest BCUT2D eigenvalue weighted by molar-refractivity contribution is 6.01. The van der Waals surface area contributed by atoms with Crippen LogP contribution in [0.5, 0.6) is 0 Å². The second-order valence-corrected chi connectivity index (χ2v) is 4.94. The van der Waals surface area contributed by atoms with E-state index in [0.717, 1.165) is 38.5 Å². The van der Waals surface area contributed by atoms with Crippen LogP contribution in [0.1, 0.15) is 78.6 Å². The van der Waals surface area contributed by atoms with Crippen molar-refractivity contribution >= 4 is 11.6 Å². The lowest BCUT2D eigenvalue weighted by molar-refractivity contribution is -0.132. The van der Waals surface area contributed by atoms with E-state index in [4.69, 9.17) is 0 Å². The van der Waals surface area contributed by atoms with Crippen LogP contribution in [0.2, 0.25) is 0 Å². The SMILES string of the molecule is CCCCCCC(C(C)=O)C(=O)CCCCC. The number of Topliss-reactive ketones (excluding diaryl/α,β-unsaturated/α-hetero) is 2. The van der Waals surface area contributed by atoms with Crippen LogP contribution < -0.4 is 0 Å². The Balaban J connectivity index is 3.95. The number of carbonyl (C=O) groups excluding carboxylic acids is 2. The van der Waals surface area contributed by atoms with E-state index in [1.54, 1.807) is 6.92 Å². The van der Waals surface area contributed by atoms with Crippen molar-refractivity contribution in [3.63, 3.8) is 0 Å². The fourth-order valence-corrected chi connectivity index (χ4v) is 2.09. The molecule has 0 saturated heterocycles. The van der Waals surface area contributed by atoms with Crippen molar-refractivity contribution in [2.24, 2.45) is 5.92 Å². The monoisotopic (exact) mass is 240 g/mol. The van der Waals surface area contributed by atoms with E-state index in [9.17, 15) is 9.59 Å². The van der Waals surface area contributed by atoms with E-state index >= 15 is 0 Å². The van der Waals surface area contributed by atoms with Gasteiger partial charge in [-0.1, -0.05) is 52.4 Å². The lowest BCUT2D eigenvalue weighted by atomic mass is 9.90. The summed E-state index contributed by atoms with van der Waals surface area (Å²) >= 11 is 0. The zero-order valence-corrected chi connectivity index (χ0v) is 11.8. The zero-order chi connectivity index (χ0) is 13.1. The number of carbonyl (C=O) groups is 2. The Morgan fingerprint density at radius 2 is 1.47 bits per heavy atom. The van der Waals surface area contributed by atoms with Crippen molar-refractivity contribution in [2.75, 3.05) is 0 Å². The van der Waals surface area contributed by atoms with Gasteiger partial charge in [0.15, 0.2) is 0 Å². The predicted molar refractivity (Wildman–Crippen MR) is 72.1 cm³/mol. The molecule has 0 heterocycles. The molecule has 0 aromatic carbocycles. The van der Waals surface area contributed by atoms with Crippen LogP contribution in [0, 0.1) is 5.92 Å². The maximum Gasteiger partial charge on any atom is 0.143 e. The van der Waals surface area contributed by atoms with Gasteiger partial charge in [-0.3, -0.25) is 9.59 Å². The minimum absolute atomic E-state index is 0.0583. The highest BCUT2D eigenvalue weighted by Crippen LogP contribution is 2.16. The molecule has 0 aliphatic heterocycles. The lowest BCUT2D eigenvalue weighted by Gasteiger charge is -2.12. The first-order valence-electron chi connectivity index (χ1n) is 7.16. The molecule has 0 radical (unpaired) electrons. The largest absolute Gasteiger partial charge is 0.299 e. The molecule has 0 aliphatic rings. The quantitative estimate of drug-likeness (QED) is 0.398. The number of rotatable bonds is 11.